The van der Waals surface area contributed by atoms with Crippen LogP contribution in [0.1, 0.15) is 47.0 Å². The van der Waals surface area contributed by atoms with Crippen LogP contribution in [0, 0.1) is 0 Å². The van der Waals surface area contributed by atoms with Gasteiger partial charge in [0.05, 0.1) is 16.8 Å². The molecule has 0 amide bonds. The predicted octanol–water partition coefficient (Wildman–Crippen LogP) is 2.50. The van der Waals surface area contributed by atoms with Crippen LogP contribution in [-0.4, -0.2) is 21.1 Å². The van der Waals surface area contributed by atoms with E-state index in [0.717, 1.165) is 29.5 Å². The van der Waals surface area contributed by atoms with Crippen molar-refractivity contribution in [3.8, 4) is 0 Å². The summed E-state index contributed by atoms with van der Waals surface area (Å²) < 4.78 is 7.63. The van der Waals surface area contributed by atoms with E-state index in [1.165, 1.54) is 23.4 Å². The first-order valence-corrected chi connectivity index (χ1v) is 7.87. The third kappa shape index (κ3) is 1.52. The van der Waals surface area contributed by atoms with Gasteiger partial charge in [-0.05, 0) is 25.0 Å². The van der Waals surface area contributed by atoms with Crippen LogP contribution in [0.25, 0.3) is 4.96 Å². The molecule has 0 spiro atoms. The zero-order chi connectivity index (χ0) is 13.1. The molecule has 3 aromatic rings. The molecule has 0 saturated heterocycles. The highest BCUT2D eigenvalue weighted by Crippen LogP contribution is 2.40. The monoisotopic (exact) mass is 286 g/mol. The van der Waals surface area contributed by atoms with Crippen LogP contribution < -0.4 is 5.32 Å². The van der Waals surface area contributed by atoms with Gasteiger partial charge >= 0.3 is 0 Å². The SMILES string of the molecule is c1coc(C2NCCc3c2sc2nc(C4CC4)nn32)c1. The van der Waals surface area contributed by atoms with Gasteiger partial charge in [-0.2, -0.15) is 5.10 Å². The molecular weight excluding hydrogens is 272 g/mol. The zero-order valence-electron chi connectivity index (χ0n) is 10.9. The lowest BCUT2D eigenvalue weighted by Gasteiger charge is -2.21. The number of nitrogens with one attached hydrogen (secondary N) is 1. The smallest absolute Gasteiger partial charge is 0.212 e. The Morgan fingerprint density at radius 2 is 2.35 bits per heavy atom. The van der Waals surface area contributed by atoms with Gasteiger partial charge in [0.1, 0.15) is 11.8 Å². The molecule has 6 heteroatoms. The maximum atomic E-state index is 5.57. The molecule has 1 unspecified atom stereocenters. The van der Waals surface area contributed by atoms with E-state index in [0.29, 0.717) is 5.92 Å². The summed E-state index contributed by atoms with van der Waals surface area (Å²) in [5.41, 5.74) is 1.30. The quantitative estimate of drug-likeness (QED) is 0.786. The van der Waals surface area contributed by atoms with Gasteiger partial charge in [-0.3, -0.25) is 0 Å². The first-order valence-electron chi connectivity index (χ1n) is 7.05. The molecule has 102 valence electrons. The second kappa shape index (κ2) is 3.93. The van der Waals surface area contributed by atoms with Gasteiger partial charge < -0.3 is 9.73 Å². The topological polar surface area (TPSA) is 55.4 Å². The van der Waals surface area contributed by atoms with Gasteiger partial charge in [-0.1, -0.05) is 11.3 Å². The fourth-order valence-corrected chi connectivity index (χ4v) is 4.10. The van der Waals surface area contributed by atoms with Crippen molar-refractivity contribution in [2.24, 2.45) is 0 Å². The molecule has 3 aromatic heterocycles. The molecule has 0 bridgehead atoms. The third-order valence-corrected chi connectivity index (χ3v) is 5.22. The molecular formula is C14H14N4OS. The van der Waals surface area contributed by atoms with Gasteiger partial charge in [0, 0.05) is 18.9 Å². The average molecular weight is 286 g/mol. The first kappa shape index (κ1) is 11.0. The van der Waals surface area contributed by atoms with Gasteiger partial charge in [-0.15, -0.1) is 0 Å². The van der Waals surface area contributed by atoms with E-state index in [1.54, 1.807) is 17.6 Å². The van der Waals surface area contributed by atoms with Crippen LogP contribution >= 0.6 is 11.3 Å². The van der Waals surface area contributed by atoms with Gasteiger partial charge in [0.2, 0.25) is 4.96 Å². The number of fused-ring (bicyclic) bond motifs is 3. The number of thiazole rings is 1. The Labute approximate surface area is 119 Å². The largest absolute Gasteiger partial charge is 0.467 e. The summed E-state index contributed by atoms with van der Waals surface area (Å²) in [6.07, 6.45) is 5.22. The van der Waals surface area contributed by atoms with Gasteiger partial charge in [0.25, 0.3) is 0 Å². The van der Waals surface area contributed by atoms with Crippen molar-refractivity contribution in [1.82, 2.24) is 19.9 Å². The van der Waals surface area contributed by atoms with E-state index >= 15 is 0 Å². The number of nitrogens with zero attached hydrogens (tertiary/aromatic N) is 3. The minimum Gasteiger partial charge on any atom is -0.467 e. The van der Waals surface area contributed by atoms with E-state index in [-0.39, 0.29) is 6.04 Å². The summed E-state index contributed by atoms with van der Waals surface area (Å²) in [6, 6.07) is 4.11. The summed E-state index contributed by atoms with van der Waals surface area (Å²) in [7, 11) is 0. The average Bonchev–Trinajstić information content (AvgIpc) is 2.90. The molecule has 2 aliphatic rings. The molecule has 5 rings (SSSR count). The lowest BCUT2D eigenvalue weighted by molar-refractivity contribution is 0.436. The van der Waals surface area contributed by atoms with Gasteiger partial charge in [0.15, 0.2) is 5.82 Å². The Hall–Kier alpha value is -1.66. The minimum atomic E-state index is 0.145. The van der Waals surface area contributed by atoms with E-state index in [9.17, 15) is 0 Å². The molecule has 1 saturated carbocycles. The van der Waals surface area contributed by atoms with Crippen molar-refractivity contribution in [2.75, 3.05) is 6.54 Å². The van der Waals surface area contributed by atoms with Crippen LogP contribution in [0.4, 0.5) is 0 Å². The lowest BCUT2D eigenvalue weighted by atomic mass is 10.1. The Kier molecular flexibility index (Phi) is 2.17. The van der Waals surface area contributed by atoms with Gasteiger partial charge in [-0.25, -0.2) is 9.50 Å². The highest BCUT2D eigenvalue weighted by atomic mass is 32.1. The molecule has 1 aliphatic carbocycles. The summed E-state index contributed by atoms with van der Waals surface area (Å²) in [4.78, 5) is 7.03. The molecule has 1 N–H and O–H groups in total. The third-order valence-electron chi connectivity index (χ3n) is 4.08. The Morgan fingerprint density at radius 3 is 3.15 bits per heavy atom. The fourth-order valence-electron chi connectivity index (χ4n) is 2.90. The van der Waals surface area contributed by atoms with E-state index in [4.69, 9.17) is 14.5 Å². The normalized spacial score (nSPS) is 22.3. The summed E-state index contributed by atoms with van der Waals surface area (Å²) >= 11 is 1.74. The molecule has 1 atom stereocenters. The summed E-state index contributed by atoms with van der Waals surface area (Å²) in [6.45, 7) is 0.947. The number of aromatic nitrogens is 3. The number of hydrogen-bond donors (Lipinski definition) is 1. The first-order chi connectivity index (χ1) is 9.90. The highest BCUT2D eigenvalue weighted by Gasteiger charge is 2.32. The molecule has 4 heterocycles. The maximum Gasteiger partial charge on any atom is 0.212 e. The van der Waals surface area contributed by atoms with E-state index in [2.05, 4.69) is 9.83 Å². The van der Waals surface area contributed by atoms with Crippen molar-refractivity contribution < 1.29 is 4.42 Å². The van der Waals surface area contributed by atoms with Crippen LogP contribution in [0.2, 0.25) is 0 Å². The van der Waals surface area contributed by atoms with Crippen LogP contribution in [0.15, 0.2) is 22.8 Å². The fraction of sp³-hybridized carbons (Fsp3) is 0.429. The molecule has 0 aromatic carbocycles. The second-order valence-corrected chi connectivity index (χ2v) is 6.51. The molecule has 0 radical (unpaired) electrons. The Bertz CT molecular complexity index is 769. The maximum absolute atomic E-state index is 5.57. The summed E-state index contributed by atoms with van der Waals surface area (Å²) in [5, 5.41) is 8.25. The molecule has 1 fully saturated rings. The lowest BCUT2D eigenvalue weighted by Crippen LogP contribution is -2.30. The minimum absolute atomic E-state index is 0.145. The number of furan rings is 1. The standard InChI is InChI=1S/C14H14N4OS/c1-2-10(19-7-1)11-12-9(5-6-15-11)18-14(20-12)16-13(17-18)8-3-4-8/h1-2,7-8,11,15H,3-6H2. The van der Waals surface area contributed by atoms with Crippen LogP contribution in [0.3, 0.4) is 0 Å². The van der Waals surface area contributed by atoms with Crippen molar-refractivity contribution in [3.05, 3.63) is 40.6 Å². The number of hydrogen-bond acceptors (Lipinski definition) is 5. The predicted molar refractivity (Wildman–Crippen MR) is 75.1 cm³/mol. The zero-order valence-corrected chi connectivity index (χ0v) is 11.7. The highest BCUT2D eigenvalue weighted by molar-refractivity contribution is 7.17. The van der Waals surface area contributed by atoms with Crippen LogP contribution in [-0.2, 0) is 6.42 Å². The summed E-state index contributed by atoms with van der Waals surface area (Å²) in [5.74, 6) is 2.62. The second-order valence-electron chi connectivity index (χ2n) is 5.50. The van der Waals surface area contributed by atoms with Crippen molar-refractivity contribution in [3.63, 3.8) is 0 Å². The Morgan fingerprint density at radius 1 is 1.40 bits per heavy atom. The Balaban J connectivity index is 1.65. The molecule has 5 nitrogen and oxygen atoms in total. The van der Waals surface area contributed by atoms with Crippen molar-refractivity contribution in [1.29, 1.82) is 0 Å². The number of rotatable bonds is 2. The molecule has 1 aliphatic heterocycles. The van der Waals surface area contributed by atoms with E-state index in [1.807, 2.05) is 12.1 Å². The van der Waals surface area contributed by atoms with Crippen LogP contribution in [0.5, 0.6) is 0 Å². The van der Waals surface area contributed by atoms with Crippen molar-refractivity contribution in [2.45, 2.75) is 31.2 Å². The van der Waals surface area contributed by atoms with Crippen molar-refractivity contribution >= 4 is 16.3 Å². The molecule has 20 heavy (non-hydrogen) atoms. The van der Waals surface area contributed by atoms with E-state index < -0.39 is 0 Å².